The molecule has 0 amide bonds. The molecule has 96 valence electrons. The van der Waals surface area contributed by atoms with Gasteiger partial charge in [0.2, 0.25) is 0 Å². The number of para-hydroxylation sites is 2. The molecule has 0 fully saturated rings. The number of aliphatic hydroxyl groups excluding tert-OH is 2. The fourth-order valence-electron chi connectivity index (χ4n) is 1.69. The lowest BCUT2D eigenvalue weighted by atomic mass is 10.3. The zero-order valence-corrected chi connectivity index (χ0v) is 10.8. The highest BCUT2D eigenvalue weighted by Crippen LogP contribution is 2.24. The van der Waals surface area contributed by atoms with Crippen LogP contribution in [0.1, 0.15) is 0 Å². The Labute approximate surface area is 110 Å². The molecule has 1 aromatic heterocycles. The van der Waals surface area contributed by atoms with Crippen LogP contribution in [0.15, 0.2) is 42.1 Å². The maximum atomic E-state index is 9.39. The van der Waals surface area contributed by atoms with Crippen molar-refractivity contribution in [3.63, 3.8) is 0 Å². The number of rotatable bonds is 6. The summed E-state index contributed by atoms with van der Waals surface area (Å²) in [4.78, 5) is 4.52. The quantitative estimate of drug-likeness (QED) is 0.615. The van der Waals surface area contributed by atoms with Crippen LogP contribution < -0.4 is 0 Å². The molecule has 18 heavy (non-hydrogen) atoms. The SMILES string of the molecule is C=CCn1c(SCC(O)CO)nc2ccccc21. The van der Waals surface area contributed by atoms with Crippen LogP contribution in [0, 0.1) is 0 Å². The molecule has 2 N–H and O–H groups in total. The average molecular weight is 264 g/mol. The second-order valence-electron chi connectivity index (χ2n) is 3.93. The van der Waals surface area contributed by atoms with E-state index in [4.69, 9.17) is 5.11 Å². The van der Waals surface area contributed by atoms with Crippen LogP contribution in [0.5, 0.6) is 0 Å². The van der Waals surface area contributed by atoms with Crippen LogP contribution in [0.4, 0.5) is 0 Å². The maximum Gasteiger partial charge on any atom is 0.169 e. The first-order valence-corrected chi connectivity index (χ1v) is 6.72. The van der Waals surface area contributed by atoms with E-state index >= 15 is 0 Å². The summed E-state index contributed by atoms with van der Waals surface area (Å²) >= 11 is 1.44. The van der Waals surface area contributed by atoms with Crippen LogP contribution in [0.25, 0.3) is 11.0 Å². The van der Waals surface area contributed by atoms with E-state index in [9.17, 15) is 5.11 Å². The molecule has 0 radical (unpaired) electrons. The molecular weight excluding hydrogens is 248 g/mol. The Morgan fingerprint density at radius 2 is 2.22 bits per heavy atom. The normalized spacial score (nSPS) is 12.8. The van der Waals surface area contributed by atoms with Crippen molar-refractivity contribution in [1.82, 2.24) is 9.55 Å². The van der Waals surface area contributed by atoms with Crippen molar-refractivity contribution in [2.75, 3.05) is 12.4 Å². The molecule has 0 saturated heterocycles. The number of allylic oxidation sites excluding steroid dienone is 1. The summed E-state index contributed by atoms with van der Waals surface area (Å²) in [5.41, 5.74) is 1.98. The number of nitrogens with zero attached hydrogens (tertiary/aromatic N) is 2. The van der Waals surface area contributed by atoms with Crippen molar-refractivity contribution in [2.45, 2.75) is 17.8 Å². The number of fused-ring (bicyclic) bond motifs is 1. The highest BCUT2D eigenvalue weighted by molar-refractivity contribution is 7.99. The Kier molecular flexibility index (Phi) is 4.41. The first-order valence-electron chi connectivity index (χ1n) is 5.74. The molecule has 2 rings (SSSR count). The van der Waals surface area contributed by atoms with E-state index in [1.807, 2.05) is 30.3 Å². The van der Waals surface area contributed by atoms with Gasteiger partial charge < -0.3 is 14.8 Å². The number of aromatic nitrogens is 2. The summed E-state index contributed by atoms with van der Waals surface area (Å²) in [6.45, 7) is 4.20. The molecule has 1 unspecified atom stereocenters. The predicted molar refractivity (Wildman–Crippen MR) is 73.7 cm³/mol. The number of hydrogen-bond acceptors (Lipinski definition) is 4. The standard InChI is InChI=1S/C13H16N2O2S/c1-2-7-15-12-6-4-3-5-11(12)14-13(15)18-9-10(17)8-16/h2-6,10,16-17H,1,7-9H2. The third kappa shape index (κ3) is 2.75. The molecule has 0 aliphatic rings. The summed E-state index contributed by atoms with van der Waals surface area (Å²) in [7, 11) is 0. The molecule has 0 saturated carbocycles. The Balaban J connectivity index is 2.30. The van der Waals surface area contributed by atoms with Gasteiger partial charge in [-0.05, 0) is 12.1 Å². The largest absolute Gasteiger partial charge is 0.394 e. The molecular formula is C13H16N2O2S. The summed E-state index contributed by atoms with van der Waals surface area (Å²) in [6.07, 6.45) is 1.10. The van der Waals surface area contributed by atoms with Gasteiger partial charge in [-0.2, -0.15) is 0 Å². The van der Waals surface area contributed by atoms with E-state index in [2.05, 4.69) is 16.1 Å². The van der Waals surface area contributed by atoms with Crippen molar-refractivity contribution in [1.29, 1.82) is 0 Å². The zero-order chi connectivity index (χ0) is 13.0. The highest BCUT2D eigenvalue weighted by atomic mass is 32.2. The average Bonchev–Trinajstić information content (AvgIpc) is 2.75. The summed E-state index contributed by atoms with van der Waals surface area (Å²) < 4.78 is 2.05. The van der Waals surface area contributed by atoms with Gasteiger partial charge in [0.1, 0.15) is 0 Å². The van der Waals surface area contributed by atoms with E-state index < -0.39 is 6.10 Å². The van der Waals surface area contributed by atoms with Gasteiger partial charge in [0.05, 0.1) is 23.7 Å². The number of thioether (sulfide) groups is 1. The summed E-state index contributed by atoms with van der Waals surface area (Å²) in [5.74, 6) is 0.428. The Morgan fingerprint density at radius 3 is 2.94 bits per heavy atom. The number of aliphatic hydroxyl groups is 2. The Bertz CT molecular complexity index is 539. The van der Waals surface area contributed by atoms with Crippen LogP contribution in [-0.4, -0.2) is 38.2 Å². The second-order valence-corrected chi connectivity index (χ2v) is 4.92. The van der Waals surface area contributed by atoms with E-state index in [-0.39, 0.29) is 6.61 Å². The van der Waals surface area contributed by atoms with Crippen molar-refractivity contribution in [3.8, 4) is 0 Å². The first-order chi connectivity index (χ1) is 8.76. The van der Waals surface area contributed by atoms with Gasteiger partial charge in [-0.1, -0.05) is 30.0 Å². The lowest BCUT2D eigenvalue weighted by Gasteiger charge is -2.08. The van der Waals surface area contributed by atoms with E-state index in [0.29, 0.717) is 12.3 Å². The molecule has 1 aromatic carbocycles. The maximum absolute atomic E-state index is 9.39. The van der Waals surface area contributed by atoms with Gasteiger partial charge in [0.25, 0.3) is 0 Å². The van der Waals surface area contributed by atoms with Crippen LogP contribution in [0.3, 0.4) is 0 Å². The fraction of sp³-hybridized carbons (Fsp3) is 0.308. The van der Waals surface area contributed by atoms with Gasteiger partial charge in [0.15, 0.2) is 5.16 Å². The van der Waals surface area contributed by atoms with Gasteiger partial charge >= 0.3 is 0 Å². The zero-order valence-electron chi connectivity index (χ0n) is 9.99. The summed E-state index contributed by atoms with van der Waals surface area (Å²) in [6, 6.07) is 7.89. The molecule has 0 spiro atoms. The minimum absolute atomic E-state index is 0.227. The van der Waals surface area contributed by atoms with Crippen LogP contribution >= 0.6 is 11.8 Å². The third-order valence-electron chi connectivity index (χ3n) is 2.55. The molecule has 0 bridgehead atoms. The lowest BCUT2D eigenvalue weighted by molar-refractivity contribution is 0.113. The highest BCUT2D eigenvalue weighted by Gasteiger charge is 2.11. The van der Waals surface area contributed by atoms with E-state index in [1.54, 1.807) is 0 Å². The molecule has 5 heteroatoms. The Hall–Kier alpha value is -1.30. The van der Waals surface area contributed by atoms with Crippen molar-refractivity contribution >= 4 is 22.8 Å². The molecule has 1 atom stereocenters. The van der Waals surface area contributed by atoms with Gasteiger partial charge in [0, 0.05) is 12.3 Å². The van der Waals surface area contributed by atoms with Crippen LogP contribution in [0.2, 0.25) is 0 Å². The molecule has 1 heterocycles. The Morgan fingerprint density at radius 1 is 1.44 bits per heavy atom. The van der Waals surface area contributed by atoms with Crippen molar-refractivity contribution < 1.29 is 10.2 Å². The molecule has 0 aliphatic heterocycles. The molecule has 4 nitrogen and oxygen atoms in total. The number of imidazole rings is 1. The second kappa shape index (κ2) is 6.04. The monoisotopic (exact) mass is 264 g/mol. The number of benzene rings is 1. The van der Waals surface area contributed by atoms with Crippen molar-refractivity contribution in [3.05, 3.63) is 36.9 Å². The van der Waals surface area contributed by atoms with E-state index in [0.717, 1.165) is 16.2 Å². The minimum atomic E-state index is -0.716. The summed E-state index contributed by atoms with van der Waals surface area (Å²) in [5, 5.41) is 19.0. The van der Waals surface area contributed by atoms with Gasteiger partial charge in [-0.3, -0.25) is 0 Å². The van der Waals surface area contributed by atoms with Gasteiger partial charge in [-0.25, -0.2) is 4.98 Å². The fourth-order valence-corrected chi connectivity index (χ4v) is 2.63. The number of hydrogen-bond donors (Lipinski definition) is 2. The van der Waals surface area contributed by atoms with Gasteiger partial charge in [-0.15, -0.1) is 6.58 Å². The topological polar surface area (TPSA) is 58.3 Å². The molecule has 2 aromatic rings. The minimum Gasteiger partial charge on any atom is -0.394 e. The third-order valence-corrected chi connectivity index (χ3v) is 3.67. The van der Waals surface area contributed by atoms with E-state index in [1.165, 1.54) is 11.8 Å². The smallest absolute Gasteiger partial charge is 0.169 e. The lowest BCUT2D eigenvalue weighted by Crippen LogP contribution is -2.15. The first kappa shape index (κ1) is 13.1. The molecule has 0 aliphatic carbocycles. The van der Waals surface area contributed by atoms with Crippen LogP contribution in [-0.2, 0) is 6.54 Å². The predicted octanol–water partition coefficient (Wildman–Crippen LogP) is 1.67. The van der Waals surface area contributed by atoms with Crippen molar-refractivity contribution in [2.24, 2.45) is 0 Å².